The molecule has 28 heavy (non-hydrogen) atoms. The van der Waals surface area contributed by atoms with Crippen LogP contribution in [0, 0.1) is 6.92 Å². The fourth-order valence-electron chi connectivity index (χ4n) is 2.06. The lowest BCUT2D eigenvalue weighted by Crippen LogP contribution is -2.04. The first-order valence-corrected chi connectivity index (χ1v) is 9.94. The van der Waals surface area contributed by atoms with Crippen LogP contribution >= 0.6 is 23.1 Å². The Morgan fingerprint density at radius 2 is 2.00 bits per heavy atom. The average Bonchev–Trinajstić information content (AvgIpc) is 3.07. The summed E-state index contributed by atoms with van der Waals surface area (Å²) in [4.78, 5) is 18.0. The Balaban J connectivity index is 0.000000292. The first-order chi connectivity index (χ1) is 13.3. The van der Waals surface area contributed by atoms with Crippen molar-refractivity contribution in [2.75, 3.05) is 12.4 Å². The summed E-state index contributed by atoms with van der Waals surface area (Å²) in [6.07, 6.45) is -1.98. The van der Waals surface area contributed by atoms with Gasteiger partial charge in [0.1, 0.15) is 5.69 Å². The van der Waals surface area contributed by atoms with Crippen molar-refractivity contribution in [2.24, 2.45) is 0 Å². The van der Waals surface area contributed by atoms with E-state index < -0.39 is 11.7 Å². The van der Waals surface area contributed by atoms with Crippen LogP contribution in [0.5, 0.6) is 0 Å². The number of hydrogen-bond acceptors (Lipinski definition) is 6. The van der Waals surface area contributed by atoms with E-state index in [9.17, 15) is 18.0 Å². The number of nitrogens with one attached hydrogen (secondary N) is 1. The zero-order valence-electron chi connectivity index (χ0n) is 15.2. The van der Waals surface area contributed by atoms with Gasteiger partial charge in [0.25, 0.3) is 0 Å². The molecule has 1 N–H and O–H groups in total. The molecular weight excluding hydrogens is 407 g/mol. The number of anilines is 1. The predicted octanol–water partition coefficient (Wildman–Crippen LogP) is 5.70. The Morgan fingerprint density at radius 3 is 2.54 bits per heavy atom. The van der Waals surface area contributed by atoms with Crippen LogP contribution in [0.4, 0.5) is 18.3 Å². The van der Waals surface area contributed by atoms with E-state index in [1.807, 2.05) is 6.92 Å². The molecule has 3 rings (SSSR count). The molecule has 0 saturated heterocycles. The lowest BCUT2D eigenvalue weighted by molar-refractivity contribution is -0.137. The van der Waals surface area contributed by atoms with E-state index in [-0.39, 0.29) is 0 Å². The lowest BCUT2D eigenvalue weighted by atomic mass is 10.1. The van der Waals surface area contributed by atoms with Crippen molar-refractivity contribution in [1.29, 1.82) is 0 Å². The van der Waals surface area contributed by atoms with Crippen molar-refractivity contribution in [3.63, 3.8) is 0 Å². The number of pyridine rings is 1. The first kappa shape index (κ1) is 21.9. The minimum Gasteiger partial charge on any atom is -0.365 e. The van der Waals surface area contributed by atoms with E-state index in [4.69, 9.17) is 0 Å². The molecular formula is C19H18F3N3OS2. The summed E-state index contributed by atoms with van der Waals surface area (Å²) < 4.78 is 38.9. The SMILES string of the molecule is CNc1nc(C)c(SCc2cccc(C(F)(F)F)c2)s1.O=Cc1ccccn1. The third-order valence-electron chi connectivity index (χ3n) is 3.40. The quantitative estimate of drug-likeness (QED) is 0.420. The molecule has 0 spiro atoms. The molecule has 0 saturated carbocycles. The highest BCUT2D eigenvalue weighted by Crippen LogP contribution is 2.35. The number of rotatable bonds is 5. The highest BCUT2D eigenvalue weighted by molar-refractivity contribution is 8.00. The third kappa shape index (κ3) is 6.65. The number of aldehydes is 1. The first-order valence-electron chi connectivity index (χ1n) is 8.13. The van der Waals surface area contributed by atoms with Gasteiger partial charge in [0, 0.05) is 19.0 Å². The molecule has 0 aliphatic rings. The average molecular weight is 426 g/mol. The molecule has 0 amide bonds. The highest BCUT2D eigenvalue weighted by Gasteiger charge is 2.30. The van der Waals surface area contributed by atoms with Gasteiger partial charge in [-0.2, -0.15) is 13.2 Å². The largest absolute Gasteiger partial charge is 0.416 e. The number of hydrogen-bond donors (Lipinski definition) is 1. The van der Waals surface area contributed by atoms with E-state index >= 15 is 0 Å². The number of alkyl halides is 3. The number of halogens is 3. The molecule has 4 nitrogen and oxygen atoms in total. The molecule has 1 aromatic carbocycles. The van der Waals surface area contributed by atoms with Crippen LogP contribution in [0.2, 0.25) is 0 Å². The molecule has 0 unspecified atom stereocenters. The molecule has 0 aliphatic heterocycles. The van der Waals surface area contributed by atoms with Crippen molar-refractivity contribution in [2.45, 2.75) is 23.1 Å². The van der Waals surface area contributed by atoms with Gasteiger partial charge in [-0.1, -0.05) is 35.6 Å². The van der Waals surface area contributed by atoms with Gasteiger partial charge in [-0.3, -0.25) is 9.78 Å². The van der Waals surface area contributed by atoms with Crippen molar-refractivity contribution < 1.29 is 18.0 Å². The maximum atomic E-state index is 12.6. The molecule has 148 valence electrons. The van der Waals surface area contributed by atoms with Crippen LogP contribution < -0.4 is 5.32 Å². The number of aryl methyl sites for hydroxylation is 1. The molecule has 0 atom stereocenters. The number of aromatic nitrogens is 2. The number of thiazole rings is 1. The van der Waals surface area contributed by atoms with E-state index in [1.54, 1.807) is 37.5 Å². The maximum absolute atomic E-state index is 12.6. The maximum Gasteiger partial charge on any atom is 0.416 e. The van der Waals surface area contributed by atoms with Crippen molar-refractivity contribution in [1.82, 2.24) is 9.97 Å². The number of thioether (sulfide) groups is 1. The standard InChI is InChI=1S/C13H13F3N2S2.C6H5NO/c1-8-11(20-12(17-2)18-8)19-7-9-4-3-5-10(6-9)13(14,15)16;8-5-6-3-1-2-4-7-6/h3-6H,7H2,1-2H3,(H,17,18);1-5H. The second-order valence-corrected chi connectivity index (χ2v) is 7.74. The van der Waals surface area contributed by atoms with E-state index in [0.717, 1.165) is 27.4 Å². The van der Waals surface area contributed by atoms with Gasteiger partial charge in [0.2, 0.25) is 0 Å². The summed E-state index contributed by atoms with van der Waals surface area (Å²) in [5.74, 6) is 0.496. The normalized spacial score (nSPS) is 10.8. The summed E-state index contributed by atoms with van der Waals surface area (Å²) >= 11 is 3.01. The molecule has 0 aliphatic carbocycles. The number of carbonyl (C=O) groups is 1. The molecule has 2 heterocycles. The second kappa shape index (κ2) is 10.2. The summed E-state index contributed by atoms with van der Waals surface area (Å²) in [5.41, 5.74) is 1.43. The van der Waals surface area contributed by atoms with Crippen LogP contribution in [-0.4, -0.2) is 23.3 Å². The topological polar surface area (TPSA) is 54.9 Å². The van der Waals surface area contributed by atoms with Gasteiger partial charge >= 0.3 is 6.18 Å². The van der Waals surface area contributed by atoms with Crippen LogP contribution in [0.3, 0.4) is 0 Å². The van der Waals surface area contributed by atoms with Crippen molar-refractivity contribution >= 4 is 34.5 Å². The van der Waals surface area contributed by atoms with E-state index in [0.29, 0.717) is 17.0 Å². The third-order valence-corrected chi connectivity index (χ3v) is 6.01. The summed E-state index contributed by atoms with van der Waals surface area (Å²) in [7, 11) is 1.79. The Kier molecular flexibility index (Phi) is 8.01. The fraction of sp³-hybridized carbons (Fsp3) is 0.211. The van der Waals surface area contributed by atoms with Crippen LogP contribution in [0.1, 0.15) is 27.3 Å². The van der Waals surface area contributed by atoms with Crippen LogP contribution in [-0.2, 0) is 11.9 Å². The molecule has 0 radical (unpaired) electrons. The summed E-state index contributed by atoms with van der Waals surface area (Å²) in [5, 5.41) is 3.77. The molecule has 2 aromatic heterocycles. The van der Waals surface area contributed by atoms with Gasteiger partial charge in [0.15, 0.2) is 11.4 Å². The summed E-state index contributed by atoms with van der Waals surface area (Å²) in [6.45, 7) is 1.89. The molecule has 3 aromatic rings. The minimum absolute atomic E-state index is 0.479. The minimum atomic E-state index is -4.29. The van der Waals surface area contributed by atoms with Crippen LogP contribution in [0.25, 0.3) is 0 Å². The Labute approximate surface area is 169 Å². The molecule has 0 fully saturated rings. The van der Waals surface area contributed by atoms with Crippen molar-refractivity contribution in [3.05, 3.63) is 71.2 Å². The zero-order valence-corrected chi connectivity index (χ0v) is 16.8. The fourth-order valence-corrected chi connectivity index (χ4v) is 4.09. The summed E-state index contributed by atoms with van der Waals surface area (Å²) in [6, 6.07) is 10.6. The highest BCUT2D eigenvalue weighted by atomic mass is 32.2. The van der Waals surface area contributed by atoms with E-state index in [2.05, 4.69) is 15.3 Å². The molecule has 0 bridgehead atoms. The molecule has 9 heteroatoms. The number of carbonyl (C=O) groups excluding carboxylic acids is 1. The lowest BCUT2D eigenvalue weighted by Gasteiger charge is -2.08. The van der Waals surface area contributed by atoms with Gasteiger partial charge in [-0.25, -0.2) is 4.98 Å². The van der Waals surface area contributed by atoms with Gasteiger partial charge in [-0.05, 0) is 30.7 Å². The monoisotopic (exact) mass is 425 g/mol. The van der Waals surface area contributed by atoms with Gasteiger partial charge in [0.05, 0.1) is 15.5 Å². The van der Waals surface area contributed by atoms with E-state index in [1.165, 1.54) is 35.2 Å². The predicted molar refractivity (Wildman–Crippen MR) is 107 cm³/mol. The van der Waals surface area contributed by atoms with Crippen LogP contribution in [0.15, 0.2) is 52.9 Å². The van der Waals surface area contributed by atoms with Crippen molar-refractivity contribution in [3.8, 4) is 0 Å². The number of benzene rings is 1. The smallest absolute Gasteiger partial charge is 0.365 e. The Hall–Kier alpha value is -2.39. The Morgan fingerprint density at radius 1 is 1.21 bits per heavy atom. The number of nitrogens with zero attached hydrogens (tertiary/aromatic N) is 2. The zero-order chi connectivity index (χ0) is 20.6. The Bertz CT molecular complexity index is 899. The second-order valence-electron chi connectivity index (χ2n) is 5.50. The van der Waals surface area contributed by atoms with Gasteiger partial charge < -0.3 is 5.32 Å². The van der Waals surface area contributed by atoms with Gasteiger partial charge in [-0.15, -0.1) is 11.8 Å².